The number of nitrogens with one attached hydrogen (secondary N) is 2. The number of benzene rings is 1. The molecule has 0 saturated carbocycles. The summed E-state index contributed by atoms with van der Waals surface area (Å²) in [4.78, 5) is 20.2. The molecule has 1 aromatic rings. The number of fused-ring (bicyclic) bond motifs is 1. The summed E-state index contributed by atoms with van der Waals surface area (Å²) >= 11 is 0. The standard InChI is InChI=1S/C21H30F3N5O/c1-2-25-20(27-18-9-11-28(14-18)15-21(22,23)24)26-10-5-8-19(30)29-12-16-6-3-4-7-17(16)13-29/h3-4,6-7,18H,2,5,8-15H2,1H3,(H2,25,26,27). The molecule has 6 nitrogen and oxygen atoms in total. The van der Waals surface area contributed by atoms with Gasteiger partial charge in [-0.2, -0.15) is 13.2 Å². The summed E-state index contributed by atoms with van der Waals surface area (Å²) < 4.78 is 37.6. The minimum Gasteiger partial charge on any atom is -0.357 e. The molecule has 0 aromatic heterocycles. The van der Waals surface area contributed by atoms with E-state index in [0.717, 1.165) is 0 Å². The Bertz CT molecular complexity index is 727. The Morgan fingerprint density at radius 2 is 1.93 bits per heavy atom. The minimum atomic E-state index is -4.17. The predicted molar refractivity (Wildman–Crippen MR) is 110 cm³/mol. The van der Waals surface area contributed by atoms with Crippen LogP contribution in [0.4, 0.5) is 13.2 Å². The van der Waals surface area contributed by atoms with Gasteiger partial charge in [-0.25, -0.2) is 0 Å². The number of hydrogen-bond donors (Lipinski definition) is 2. The second kappa shape index (κ2) is 10.1. The van der Waals surface area contributed by atoms with Gasteiger partial charge in [0.25, 0.3) is 0 Å². The van der Waals surface area contributed by atoms with Crippen LogP contribution in [0.15, 0.2) is 29.3 Å². The summed E-state index contributed by atoms with van der Waals surface area (Å²) in [6, 6.07) is 8.03. The molecule has 0 bridgehead atoms. The molecule has 1 atom stereocenters. The minimum absolute atomic E-state index is 0.0603. The van der Waals surface area contributed by atoms with Crippen molar-refractivity contribution in [3.8, 4) is 0 Å². The number of aliphatic imine (C=N–C) groups is 1. The first-order chi connectivity index (χ1) is 14.3. The van der Waals surface area contributed by atoms with Crippen molar-refractivity contribution < 1.29 is 18.0 Å². The van der Waals surface area contributed by atoms with Crippen molar-refractivity contribution in [1.29, 1.82) is 0 Å². The molecule has 9 heteroatoms. The Morgan fingerprint density at radius 1 is 1.23 bits per heavy atom. The fraction of sp³-hybridized carbons (Fsp3) is 0.619. The molecular formula is C21H30F3N5O. The van der Waals surface area contributed by atoms with Gasteiger partial charge in [0, 0.05) is 51.7 Å². The van der Waals surface area contributed by atoms with E-state index in [2.05, 4.69) is 27.8 Å². The van der Waals surface area contributed by atoms with Gasteiger partial charge in [-0.05, 0) is 30.9 Å². The van der Waals surface area contributed by atoms with Gasteiger partial charge in [-0.1, -0.05) is 24.3 Å². The molecular weight excluding hydrogens is 395 g/mol. The average Bonchev–Trinajstić information content (AvgIpc) is 3.30. The maximum atomic E-state index is 12.5. The largest absolute Gasteiger partial charge is 0.401 e. The highest BCUT2D eigenvalue weighted by atomic mass is 19.4. The quantitative estimate of drug-likeness (QED) is 0.400. The van der Waals surface area contributed by atoms with Gasteiger partial charge in [-0.3, -0.25) is 14.7 Å². The SMILES string of the molecule is CCNC(=NCCCC(=O)N1Cc2ccccc2C1)NC1CCN(CC(F)(F)F)C1. The van der Waals surface area contributed by atoms with E-state index in [1.54, 1.807) is 0 Å². The van der Waals surface area contributed by atoms with Crippen LogP contribution >= 0.6 is 0 Å². The number of rotatable bonds is 7. The molecule has 166 valence electrons. The molecule has 2 aliphatic rings. The average molecular weight is 425 g/mol. The lowest BCUT2D eigenvalue weighted by Crippen LogP contribution is -2.45. The summed E-state index contributed by atoms with van der Waals surface area (Å²) in [7, 11) is 0. The van der Waals surface area contributed by atoms with E-state index in [1.807, 2.05) is 24.0 Å². The van der Waals surface area contributed by atoms with Crippen molar-refractivity contribution in [2.24, 2.45) is 4.99 Å². The lowest BCUT2D eigenvalue weighted by Gasteiger charge is -2.20. The number of hydrogen-bond acceptors (Lipinski definition) is 3. The van der Waals surface area contributed by atoms with Crippen molar-refractivity contribution in [3.05, 3.63) is 35.4 Å². The summed E-state index contributed by atoms with van der Waals surface area (Å²) in [5.74, 6) is 0.718. The van der Waals surface area contributed by atoms with Crippen LogP contribution in [0, 0.1) is 0 Å². The van der Waals surface area contributed by atoms with Crippen molar-refractivity contribution in [3.63, 3.8) is 0 Å². The van der Waals surface area contributed by atoms with E-state index in [-0.39, 0.29) is 11.9 Å². The van der Waals surface area contributed by atoms with Gasteiger partial charge in [0.2, 0.25) is 5.91 Å². The third kappa shape index (κ3) is 6.62. The number of alkyl halides is 3. The first-order valence-corrected chi connectivity index (χ1v) is 10.5. The zero-order valence-corrected chi connectivity index (χ0v) is 17.3. The molecule has 1 amide bonds. The number of carbonyl (C=O) groups is 1. The zero-order chi connectivity index (χ0) is 21.6. The van der Waals surface area contributed by atoms with E-state index in [1.165, 1.54) is 16.0 Å². The molecule has 30 heavy (non-hydrogen) atoms. The molecule has 1 aromatic carbocycles. The second-order valence-electron chi connectivity index (χ2n) is 7.86. The number of carbonyl (C=O) groups excluding carboxylic acids is 1. The molecule has 0 aliphatic carbocycles. The first-order valence-electron chi connectivity index (χ1n) is 10.5. The van der Waals surface area contributed by atoms with Crippen molar-refractivity contribution >= 4 is 11.9 Å². The van der Waals surface area contributed by atoms with Crippen LogP contribution in [0.25, 0.3) is 0 Å². The summed E-state index contributed by atoms with van der Waals surface area (Å²) in [5, 5.41) is 6.35. The van der Waals surface area contributed by atoms with E-state index in [4.69, 9.17) is 0 Å². The van der Waals surface area contributed by atoms with Crippen molar-refractivity contribution in [2.75, 3.05) is 32.7 Å². The first kappa shape index (κ1) is 22.4. The molecule has 2 aliphatic heterocycles. The lowest BCUT2D eigenvalue weighted by atomic mass is 10.1. The highest BCUT2D eigenvalue weighted by Gasteiger charge is 2.34. The van der Waals surface area contributed by atoms with E-state index in [9.17, 15) is 18.0 Å². The van der Waals surface area contributed by atoms with Gasteiger partial charge in [0.15, 0.2) is 5.96 Å². The van der Waals surface area contributed by atoms with Crippen LogP contribution in [0.3, 0.4) is 0 Å². The second-order valence-corrected chi connectivity index (χ2v) is 7.86. The van der Waals surface area contributed by atoms with Gasteiger partial charge >= 0.3 is 6.18 Å². The molecule has 0 spiro atoms. The maximum absolute atomic E-state index is 12.5. The van der Waals surface area contributed by atoms with Gasteiger partial charge < -0.3 is 15.5 Å². The van der Waals surface area contributed by atoms with Crippen molar-refractivity contribution in [2.45, 2.75) is 51.5 Å². The maximum Gasteiger partial charge on any atom is 0.401 e. The Morgan fingerprint density at radius 3 is 2.57 bits per heavy atom. The van der Waals surface area contributed by atoms with Gasteiger partial charge in [0.1, 0.15) is 0 Å². The molecule has 1 unspecified atom stereocenters. The highest BCUT2D eigenvalue weighted by Crippen LogP contribution is 2.23. The smallest absolute Gasteiger partial charge is 0.357 e. The van der Waals surface area contributed by atoms with Crippen molar-refractivity contribution in [1.82, 2.24) is 20.4 Å². The van der Waals surface area contributed by atoms with Crippen LogP contribution < -0.4 is 10.6 Å². The Hall–Kier alpha value is -2.29. The molecule has 1 saturated heterocycles. The highest BCUT2D eigenvalue weighted by molar-refractivity contribution is 5.80. The topological polar surface area (TPSA) is 60.0 Å². The number of nitrogens with zero attached hydrogens (tertiary/aromatic N) is 3. The summed E-state index contributed by atoms with van der Waals surface area (Å²) in [6.07, 6.45) is -2.46. The number of likely N-dealkylation sites (tertiary alicyclic amines) is 1. The van der Waals surface area contributed by atoms with Crippen LogP contribution in [0.5, 0.6) is 0 Å². The molecule has 3 rings (SSSR count). The Kier molecular flexibility index (Phi) is 7.58. The molecule has 0 radical (unpaired) electrons. The summed E-state index contributed by atoms with van der Waals surface area (Å²) in [5.41, 5.74) is 2.41. The zero-order valence-electron chi connectivity index (χ0n) is 17.3. The number of amides is 1. The van der Waals surface area contributed by atoms with Crippen LogP contribution in [-0.4, -0.2) is 66.6 Å². The van der Waals surface area contributed by atoms with Crippen LogP contribution in [0.1, 0.15) is 37.3 Å². The summed E-state index contributed by atoms with van der Waals surface area (Å²) in [6.45, 7) is 4.31. The number of guanidine groups is 1. The van der Waals surface area contributed by atoms with E-state index in [0.29, 0.717) is 64.5 Å². The van der Waals surface area contributed by atoms with Gasteiger partial charge in [-0.15, -0.1) is 0 Å². The fourth-order valence-electron chi connectivity index (χ4n) is 3.95. The molecule has 2 N–H and O–H groups in total. The van der Waals surface area contributed by atoms with Crippen LogP contribution in [-0.2, 0) is 17.9 Å². The third-order valence-electron chi connectivity index (χ3n) is 5.37. The lowest BCUT2D eigenvalue weighted by molar-refractivity contribution is -0.143. The van der Waals surface area contributed by atoms with Crippen LogP contribution in [0.2, 0.25) is 0 Å². The molecule has 2 heterocycles. The normalized spacial score (nSPS) is 19.8. The Balaban J connectivity index is 1.40. The van der Waals surface area contributed by atoms with Gasteiger partial charge in [0.05, 0.1) is 6.54 Å². The monoisotopic (exact) mass is 425 g/mol. The Labute approximate surface area is 175 Å². The van der Waals surface area contributed by atoms with E-state index >= 15 is 0 Å². The third-order valence-corrected chi connectivity index (χ3v) is 5.37. The predicted octanol–water partition coefficient (Wildman–Crippen LogP) is 2.50. The fourth-order valence-corrected chi connectivity index (χ4v) is 3.95. The van der Waals surface area contributed by atoms with E-state index < -0.39 is 12.7 Å². The number of halogens is 3. The molecule has 1 fully saturated rings.